The van der Waals surface area contributed by atoms with E-state index in [9.17, 15) is 4.79 Å². The molecule has 7 nitrogen and oxygen atoms in total. The van der Waals surface area contributed by atoms with E-state index in [1.165, 1.54) is 0 Å². The lowest BCUT2D eigenvalue weighted by molar-refractivity contribution is -0.120. The van der Waals surface area contributed by atoms with Gasteiger partial charge in [0.05, 0.1) is 18.0 Å². The number of ether oxygens (including phenoxy) is 1. The van der Waals surface area contributed by atoms with Gasteiger partial charge in [-0.3, -0.25) is 4.79 Å². The van der Waals surface area contributed by atoms with Crippen LogP contribution in [0.2, 0.25) is 5.02 Å². The number of halogens is 1. The Kier molecular flexibility index (Phi) is 5.87. The van der Waals surface area contributed by atoms with Gasteiger partial charge in [0.15, 0.2) is 11.5 Å². The average molecular weight is 458 g/mol. The number of aromatic nitrogens is 4. The fourth-order valence-corrected chi connectivity index (χ4v) is 3.91. The second-order valence-corrected chi connectivity index (χ2v) is 7.87. The first-order valence-corrected chi connectivity index (χ1v) is 10.9. The molecule has 2 heterocycles. The van der Waals surface area contributed by atoms with Gasteiger partial charge in [0.25, 0.3) is 0 Å². The van der Waals surface area contributed by atoms with E-state index < -0.39 is 0 Å². The lowest BCUT2D eigenvalue weighted by atomic mass is 10.0. The van der Waals surface area contributed by atoms with Gasteiger partial charge in [0.1, 0.15) is 6.61 Å². The van der Waals surface area contributed by atoms with Crippen LogP contribution in [-0.2, 0) is 11.2 Å². The van der Waals surface area contributed by atoms with Crippen LogP contribution in [0.5, 0.6) is 5.88 Å². The number of rotatable bonds is 7. The number of nitrogens with one attached hydrogen (secondary N) is 1. The van der Waals surface area contributed by atoms with Crippen LogP contribution in [0.1, 0.15) is 5.56 Å². The summed E-state index contributed by atoms with van der Waals surface area (Å²) in [7, 11) is 0. The molecular weight excluding hydrogens is 438 g/mol. The summed E-state index contributed by atoms with van der Waals surface area (Å²) in [4.78, 5) is 12.4. The SMILES string of the molecule is O=C(Cc1cccc2ccccc12)NCCOc1ccc2nnc(-c3ccccc3Cl)n2n1. The zero-order valence-electron chi connectivity index (χ0n) is 17.6. The van der Waals surface area contributed by atoms with E-state index in [1.54, 1.807) is 22.7 Å². The van der Waals surface area contributed by atoms with Crippen LogP contribution in [0.3, 0.4) is 0 Å². The standard InChI is InChI=1S/C25H20ClN5O2/c26-21-11-4-3-10-20(21)25-29-28-22-12-13-24(30-31(22)25)33-15-14-27-23(32)16-18-8-5-7-17-6-1-2-9-19(17)18/h1-13H,14-16H2,(H,27,32). The molecule has 0 aliphatic rings. The van der Waals surface area contributed by atoms with Gasteiger partial charge >= 0.3 is 0 Å². The van der Waals surface area contributed by atoms with Crippen molar-refractivity contribution in [1.29, 1.82) is 0 Å². The number of amides is 1. The molecule has 0 saturated carbocycles. The summed E-state index contributed by atoms with van der Waals surface area (Å²) in [6.45, 7) is 0.645. The summed E-state index contributed by atoms with van der Waals surface area (Å²) in [6.07, 6.45) is 0.313. The fraction of sp³-hybridized carbons (Fsp3) is 0.120. The third kappa shape index (κ3) is 4.49. The van der Waals surface area contributed by atoms with Gasteiger partial charge in [-0.2, -0.15) is 4.52 Å². The van der Waals surface area contributed by atoms with Gasteiger partial charge in [-0.15, -0.1) is 15.3 Å². The normalized spacial score (nSPS) is 11.1. The molecule has 0 fully saturated rings. The molecule has 0 spiro atoms. The van der Waals surface area contributed by atoms with Crippen LogP contribution in [0, 0.1) is 0 Å². The Labute approximate surface area is 195 Å². The van der Waals surface area contributed by atoms with E-state index in [0.29, 0.717) is 35.3 Å². The third-order valence-electron chi connectivity index (χ3n) is 5.26. The maximum Gasteiger partial charge on any atom is 0.231 e. The molecule has 0 saturated heterocycles. The smallest absolute Gasteiger partial charge is 0.231 e. The molecule has 0 aliphatic heterocycles. The fourth-order valence-electron chi connectivity index (χ4n) is 3.69. The van der Waals surface area contributed by atoms with Crippen molar-refractivity contribution in [3.8, 4) is 17.3 Å². The minimum atomic E-state index is -0.0572. The van der Waals surface area contributed by atoms with E-state index in [0.717, 1.165) is 21.9 Å². The summed E-state index contributed by atoms with van der Waals surface area (Å²) in [5.41, 5.74) is 2.32. The summed E-state index contributed by atoms with van der Waals surface area (Å²) < 4.78 is 7.33. The van der Waals surface area contributed by atoms with E-state index >= 15 is 0 Å². The lowest BCUT2D eigenvalue weighted by Gasteiger charge is -2.09. The van der Waals surface area contributed by atoms with Crippen molar-refractivity contribution in [1.82, 2.24) is 25.1 Å². The molecule has 0 radical (unpaired) electrons. The number of hydrogen-bond donors (Lipinski definition) is 1. The largest absolute Gasteiger partial charge is 0.475 e. The monoisotopic (exact) mass is 457 g/mol. The second-order valence-electron chi connectivity index (χ2n) is 7.46. The molecule has 0 atom stereocenters. The van der Waals surface area contributed by atoms with Crippen molar-refractivity contribution in [2.45, 2.75) is 6.42 Å². The van der Waals surface area contributed by atoms with Crippen molar-refractivity contribution in [3.05, 3.63) is 89.4 Å². The topological polar surface area (TPSA) is 81.4 Å². The molecule has 8 heteroatoms. The Bertz CT molecular complexity index is 1440. The van der Waals surface area contributed by atoms with Crippen molar-refractivity contribution >= 4 is 33.9 Å². The first kappa shape index (κ1) is 20.9. The molecule has 5 aromatic rings. The highest BCUT2D eigenvalue weighted by molar-refractivity contribution is 6.33. The Morgan fingerprint density at radius 2 is 1.76 bits per heavy atom. The molecule has 5 rings (SSSR count). The average Bonchev–Trinajstić information content (AvgIpc) is 3.25. The molecule has 0 bridgehead atoms. The van der Waals surface area contributed by atoms with Crippen LogP contribution in [0.15, 0.2) is 78.9 Å². The van der Waals surface area contributed by atoms with Gasteiger partial charge in [0.2, 0.25) is 11.8 Å². The van der Waals surface area contributed by atoms with E-state index in [-0.39, 0.29) is 12.5 Å². The van der Waals surface area contributed by atoms with Gasteiger partial charge in [-0.05, 0) is 34.5 Å². The van der Waals surface area contributed by atoms with Crippen molar-refractivity contribution < 1.29 is 9.53 Å². The van der Waals surface area contributed by atoms with E-state index in [4.69, 9.17) is 16.3 Å². The molecular formula is C25H20ClN5O2. The van der Waals surface area contributed by atoms with Crippen LogP contribution >= 0.6 is 11.6 Å². The second kappa shape index (κ2) is 9.26. The molecule has 1 amide bonds. The van der Waals surface area contributed by atoms with Crippen LogP contribution in [0.4, 0.5) is 0 Å². The Morgan fingerprint density at radius 1 is 0.939 bits per heavy atom. The summed E-state index contributed by atoms with van der Waals surface area (Å²) >= 11 is 6.30. The van der Waals surface area contributed by atoms with Gasteiger partial charge < -0.3 is 10.1 Å². The first-order valence-electron chi connectivity index (χ1n) is 10.5. The maximum absolute atomic E-state index is 12.4. The number of nitrogens with zero attached hydrogens (tertiary/aromatic N) is 4. The third-order valence-corrected chi connectivity index (χ3v) is 5.59. The highest BCUT2D eigenvalue weighted by Crippen LogP contribution is 2.26. The molecule has 2 aromatic heterocycles. The molecule has 33 heavy (non-hydrogen) atoms. The molecule has 0 aliphatic carbocycles. The van der Waals surface area contributed by atoms with Crippen LogP contribution in [-0.4, -0.2) is 38.9 Å². The van der Waals surface area contributed by atoms with Crippen molar-refractivity contribution in [2.75, 3.05) is 13.2 Å². The van der Waals surface area contributed by atoms with Gasteiger partial charge in [-0.25, -0.2) is 0 Å². The highest BCUT2D eigenvalue weighted by atomic mass is 35.5. The molecule has 164 valence electrons. The zero-order valence-corrected chi connectivity index (χ0v) is 18.4. The predicted molar refractivity (Wildman–Crippen MR) is 127 cm³/mol. The number of carbonyl (C=O) groups is 1. The Hall–Kier alpha value is -3.97. The molecule has 3 aromatic carbocycles. The lowest BCUT2D eigenvalue weighted by Crippen LogP contribution is -2.29. The summed E-state index contributed by atoms with van der Waals surface area (Å²) in [5.74, 6) is 0.876. The Morgan fingerprint density at radius 3 is 2.67 bits per heavy atom. The summed E-state index contributed by atoms with van der Waals surface area (Å²) in [6, 6.07) is 24.9. The number of hydrogen-bond acceptors (Lipinski definition) is 5. The number of carbonyl (C=O) groups excluding carboxylic acids is 1. The quantitative estimate of drug-likeness (QED) is 0.368. The minimum Gasteiger partial charge on any atom is -0.475 e. The summed E-state index contributed by atoms with van der Waals surface area (Å²) in [5, 5.41) is 18.5. The van der Waals surface area contributed by atoms with Crippen LogP contribution in [0.25, 0.3) is 27.8 Å². The van der Waals surface area contributed by atoms with E-state index in [2.05, 4.69) is 20.6 Å². The predicted octanol–water partition coefficient (Wildman–Crippen LogP) is 4.34. The Balaban J connectivity index is 1.20. The minimum absolute atomic E-state index is 0.0572. The van der Waals surface area contributed by atoms with Crippen molar-refractivity contribution in [3.63, 3.8) is 0 Å². The zero-order chi connectivity index (χ0) is 22.6. The molecule has 1 N–H and O–H groups in total. The van der Waals surface area contributed by atoms with Gasteiger partial charge in [0, 0.05) is 11.6 Å². The first-order chi connectivity index (χ1) is 16.2. The number of benzene rings is 3. The highest BCUT2D eigenvalue weighted by Gasteiger charge is 2.13. The molecule has 0 unspecified atom stereocenters. The van der Waals surface area contributed by atoms with Crippen LogP contribution < -0.4 is 10.1 Å². The van der Waals surface area contributed by atoms with Gasteiger partial charge in [-0.1, -0.05) is 66.2 Å². The van der Waals surface area contributed by atoms with Crippen molar-refractivity contribution in [2.24, 2.45) is 0 Å². The van der Waals surface area contributed by atoms with E-state index in [1.807, 2.05) is 60.7 Å². The maximum atomic E-state index is 12.4. The number of fused-ring (bicyclic) bond motifs is 2.